The summed E-state index contributed by atoms with van der Waals surface area (Å²) in [5.74, 6) is 0. The zero-order chi connectivity index (χ0) is 36.1. The Morgan fingerprint density at radius 3 is 1.64 bits per heavy atom. The third-order valence-electron chi connectivity index (χ3n) is 12.1. The van der Waals surface area contributed by atoms with Gasteiger partial charge in [-0.05, 0) is 97.9 Å². The Bertz CT molecular complexity index is 3120. The molecule has 10 aromatic rings. The first-order chi connectivity index (χ1) is 27.3. The molecule has 0 amide bonds. The minimum absolute atomic E-state index is 0.426. The predicted octanol–water partition coefficient (Wildman–Crippen LogP) is 14.7. The molecule has 1 nitrogen and oxygen atoms in total. The van der Waals surface area contributed by atoms with Crippen LogP contribution in [0.4, 0.5) is 17.1 Å². The summed E-state index contributed by atoms with van der Waals surface area (Å²) in [5, 5.41) is 5.06. The molecule has 0 bridgehead atoms. The fourth-order valence-corrected chi connectivity index (χ4v) is 10.9. The molecule has 0 saturated carbocycles. The van der Waals surface area contributed by atoms with E-state index in [0.29, 0.717) is 0 Å². The van der Waals surface area contributed by atoms with Gasteiger partial charge in [-0.2, -0.15) is 0 Å². The molecule has 0 saturated heterocycles. The van der Waals surface area contributed by atoms with Crippen molar-refractivity contribution in [2.75, 3.05) is 4.90 Å². The van der Waals surface area contributed by atoms with Gasteiger partial charge < -0.3 is 4.90 Å². The van der Waals surface area contributed by atoms with Gasteiger partial charge in [0.1, 0.15) is 0 Å². The molecular weight excluding hydrogens is 683 g/mol. The van der Waals surface area contributed by atoms with Crippen molar-refractivity contribution in [1.29, 1.82) is 0 Å². The zero-order valence-electron chi connectivity index (χ0n) is 29.9. The second-order valence-electron chi connectivity index (χ2n) is 14.8. The Morgan fingerprint density at radius 2 is 0.891 bits per heavy atom. The molecule has 256 valence electrons. The maximum Gasteiger partial charge on any atom is 0.0726 e. The van der Waals surface area contributed by atoms with Crippen LogP contribution in [0.5, 0.6) is 0 Å². The molecule has 9 aromatic carbocycles. The molecule has 55 heavy (non-hydrogen) atoms. The Labute approximate surface area is 324 Å². The van der Waals surface area contributed by atoms with E-state index < -0.39 is 5.41 Å². The fraction of sp³-hybridized carbons (Fsp3) is 0.0189. The minimum atomic E-state index is -0.426. The Balaban J connectivity index is 1.15. The molecule has 0 radical (unpaired) electrons. The maximum absolute atomic E-state index is 2.51. The van der Waals surface area contributed by atoms with E-state index in [2.05, 4.69) is 205 Å². The van der Waals surface area contributed by atoms with Crippen molar-refractivity contribution >= 4 is 59.3 Å². The highest BCUT2D eigenvalue weighted by Crippen LogP contribution is 2.63. The number of hydrogen-bond donors (Lipinski definition) is 0. The lowest BCUT2D eigenvalue weighted by atomic mass is 9.70. The molecule has 0 unspecified atom stereocenters. The van der Waals surface area contributed by atoms with E-state index in [4.69, 9.17) is 0 Å². The van der Waals surface area contributed by atoms with Gasteiger partial charge in [-0.3, -0.25) is 0 Å². The average Bonchev–Trinajstić information content (AvgIpc) is 3.88. The van der Waals surface area contributed by atoms with E-state index in [1.807, 2.05) is 11.3 Å². The average molecular weight is 716 g/mol. The molecule has 0 fully saturated rings. The summed E-state index contributed by atoms with van der Waals surface area (Å²) in [6, 6.07) is 74.6. The second-order valence-corrected chi connectivity index (χ2v) is 15.9. The van der Waals surface area contributed by atoms with E-state index >= 15 is 0 Å². The normalized spacial score (nSPS) is 13.2. The quantitative estimate of drug-likeness (QED) is 0.175. The van der Waals surface area contributed by atoms with Gasteiger partial charge in [0.25, 0.3) is 0 Å². The highest BCUT2D eigenvalue weighted by molar-refractivity contribution is 7.25. The largest absolute Gasteiger partial charge is 0.309 e. The Hall–Kier alpha value is -6.74. The Morgan fingerprint density at radius 1 is 0.345 bits per heavy atom. The number of rotatable bonds is 4. The van der Waals surface area contributed by atoms with Crippen LogP contribution in [0.15, 0.2) is 200 Å². The first-order valence-corrected chi connectivity index (χ1v) is 19.8. The molecule has 0 N–H and O–H groups in total. The second kappa shape index (κ2) is 11.6. The molecule has 1 heterocycles. The number of hydrogen-bond acceptors (Lipinski definition) is 2. The molecule has 0 atom stereocenters. The number of nitrogens with zero attached hydrogens (tertiary/aromatic N) is 1. The predicted molar refractivity (Wildman–Crippen MR) is 233 cm³/mol. The first kappa shape index (κ1) is 30.7. The summed E-state index contributed by atoms with van der Waals surface area (Å²) < 4.78 is 2.64. The van der Waals surface area contributed by atoms with E-state index in [1.165, 1.54) is 86.6 Å². The summed E-state index contributed by atoms with van der Waals surface area (Å²) in [4.78, 5) is 2.51. The summed E-state index contributed by atoms with van der Waals surface area (Å²) in [6.07, 6.45) is 0. The van der Waals surface area contributed by atoms with E-state index in [-0.39, 0.29) is 0 Å². The summed E-state index contributed by atoms with van der Waals surface area (Å²) in [6.45, 7) is 0. The molecule has 1 spiro atoms. The lowest BCUT2D eigenvalue weighted by Gasteiger charge is -2.33. The Kier molecular flexibility index (Phi) is 6.49. The van der Waals surface area contributed by atoms with Gasteiger partial charge in [0.2, 0.25) is 0 Å². The van der Waals surface area contributed by atoms with Crippen LogP contribution in [-0.2, 0) is 5.41 Å². The molecule has 2 aliphatic rings. The standard InChI is InChI=1S/C53H33NS/c1-2-16-37-34(14-1)15-13-26-50(37)54(49-25-11-6-17-38(49)35-28-31-52-44(32-35)43-21-7-12-27-51(43)55-52)36-29-30-42-41-20-5-10-24-47(41)53(48(42)33-36)45-22-8-3-18-39(45)40-19-4-9-23-46(40)53/h1-33H. The van der Waals surface area contributed by atoms with Crippen LogP contribution >= 0.6 is 11.3 Å². The van der Waals surface area contributed by atoms with Crippen molar-refractivity contribution < 1.29 is 0 Å². The monoisotopic (exact) mass is 715 g/mol. The van der Waals surface area contributed by atoms with Crippen LogP contribution < -0.4 is 4.90 Å². The van der Waals surface area contributed by atoms with Crippen molar-refractivity contribution in [2.45, 2.75) is 5.41 Å². The van der Waals surface area contributed by atoms with Crippen molar-refractivity contribution in [3.63, 3.8) is 0 Å². The van der Waals surface area contributed by atoms with Crippen LogP contribution in [0.25, 0.3) is 64.3 Å². The number of benzene rings is 9. The van der Waals surface area contributed by atoms with Crippen molar-refractivity contribution in [1.82, 2.24) is 0 Å². The molecule has 12 rings (SSSR count). The number of anilines is 3. The lowest BCUT2D eigenvalue weighted by Crippen LogP contribution is -2.26. The minimum Gasteiger partial charge on any atom is -0.309 e. The van der Waals surface area contributed by atoms with Crippen molar-refractivity contribution in [2.24, 2.45) is 0 Å². The lowest BCUT2D eigenvalue weighted by molar-refractivity contribution is 0.793. The van der Waals surface area contributed by atoms with Crippen LogP contribution in [0.2, 0.25) is 0 Å². The van der Waals surface area contributed by atoms with Gasteiger partial charge >= 0.3 is 0 Å². The first-order valence-electron chi connectivity index (χ1n) is 19.0. The van der Waals surface area contributed by atoms with Gasteiger partial charge in [0.05, 0.1) is 16.8 Å². The van der Waals surface area contributed by atoms with Gasteiger partial charge in [-0.15, -0.1) is 11.3 Å². The number of fused-ring (bicyclic) bond motifs is 14. The smallest absolute Gasteiger partial charge is 0.0726 e. The number of thiophene rings is 1. The van der Waals surface area contributed by atoms with E-state index in [1.54, 1.807) is 0 Å². The molecule has 1 aromatic heterocycles. The highest BCUT2D eigenvalue weighted by atomic mass is 32.1. The number of para-hydroxylation sites is 1. The zero-order valence-corrected chi connectivity index (χ0v) is 30.7. The molecule has 0 aliphatic heterocycles. The SMILES string of the molecule is c1ccc(N(c2ccc3c(c2)C2(c4ccccc4-c4ccccc42)c2ccccc2-3)c2cccc3ccccc23)c(-c2ccc3sc4ccccc4c3c2)c1. The van der Waals surface area contributed by atoms with Crippen LogP contribution in [0, 0.1) is 0 Å². The van der Waals surface area contributed by atoms with E-state index in [9.17, 15) is 0 Å². The van der Waals surface area contributed by atoms with Crippen molar-refractivity contribution in [3.8, 4) is 33.4 Å². The third-order valence-corrected chi connectivity index (χ3v) is 13.2. The summed E-state index contributed by atoms with van der Waals surface area (Å²) in [7, 11) is 0. The topological polar surface area (TPSA) is 3.24 Å². The summed E-state index contributed by atoms with van der Waals surface area (Å²) >= 11 is 1.87. The molecular formula is C53H33NS. The van der Waals surface area contributed by atoms with Gasteiger partial charge in [-0.1, -0.05) is 158 Å². The van der Waals surface area contributed by atoms with Gasteiger partial charge in [-0.25, -0.2) is 0 Å². The molecule has 2 heteroatoms. The molecule has 2 aliphatic carbocycles. The van der Waals surface area contributed by atoms with Crippen LogP contribution in [0.3, 0.4) is 0 Å². The van der Waals surface area contributed by atoms with E-state index in [0.717, 1.165) is 17.1 Å². The highest BCUT2D eigenvalue weighted by Gasteiger charge is 2.51. The van der Waals surface area contributed by atoms with Crippen LogP contribution in [0.1, 0.15) is 22.3 Å². The third kappa shape index (κ3) is 4.23. The van der Waals surface area contributed by atoms with Gasteiger partial charge in [0, 0.05) is 36.8 Å². The maximum atomic E-state index is 2.51. The van der Waals surface area contributed by atoms with Gasteiger partial charge in [0.15, 0.2) is 0 Å². The fourth-order valence-electron chi connectivity index (χ4n) is 9.84. The van der Waals surface area contributed by atoms with Crippen LogP contribution in [-0.4, -0.2) is 0 Å². The van der Waals surface area contributed by atoms with Crippen molar-refractivity contribution in [3.05, 3.63) is 222 Å². The summed E-state index contributed by atoms with van der Waals surface area (Å²) in [5.41, 5.74) is 16.1.